The molecule has 2 aromatic carbocycles. The number of carbonyl (C=O) groups is 1. The highest BCUT2D eigenvalue weighted by molar-refractivity contribution is 5.75. The third-order valence-electron chi connectivity index (χ3n) is 5.62. The second-order valence-corrected chi connectivity index (χ2v) is 7.45. The second kappa shape index (κ2) is 8.01. The van der Waals surface area contributed by atoms with Crippen LogP contribution in [0.25, 0.3) is 0 Å². The summed E-state index contributed by atoms with van der Waals surface area (Å²) in [5, 5.41) is 16.2. The molecule has 1 saturated heterocycles. The summed E-state index contributed by atoms with van der Waals surface area (Å²) < 4.78 is 0. The van der Waals surface area contributed by atoms with Gasteiger partial charge in [0.25, 0.3) is 0 Å². The first kappa shape index (κ1) is 17.9. The average molecular weight is 365 g/mol. The van der Waals surface area contributed by atoms with Gasteiger partial charge < -0.3 is 20.6 Å². The molecule has 1 aliphatic heterocycles. The van der Waals surface area contributed by atoms with Crippen molar-refractivity contribution in [1.82, 2.24) is 10.6 Å². The third kappa shape index (κ3) is 3.93. The van der Waals surface area contributed by atoms with Gasteiger partial charge in [0.2, 0.25) is 0 Å². The number of piperidine rings is 1. The summed E-state index contributed by atoms with van der Waals surface area (Å²) in [6.07, 6.45) is 3.75. The van der Waals surface area contributed by atoms with Crippen LogP contribution in [-0.4, -0.2) is 30.3 Å². The van der Waals surface area contributed by atoms with Crippen molar-refractivity contribution in [2.45, 2.75) is 44.4 Å². The van der Waals surface area contributed by atoms with Crippen LogP contribution in [0.4, 0.5) is 10.5 Å². The van der Waals surface area contributed by atoms with E-state index in [2.05, 4.69) is 33.7 Å². The summed E-state index contributed by atoms with van der Waals surface area (Å²) in [6.45, 7) is 2.63. The Morgan fingerprint density at radius 2 is 1.78 bits per heavy atom. The van der Waals surface area contributed by atoms with E-state index < -0.39 is 6.10 Å². The lowest BCUT2D eigenvalue weighted by Crippen LogP contribution is -2.41. The largest absolute Gasteiger partial charge is 0.390 e. The standard InChI is InChI=1S/C22H27N3O2/c26-20-14-16-8-2-4-10-18(16)21(20)24-22(27)23-15-17-9-3-5-11-19(17)25-12-6-1-7-13-25/h2-5,8-11,20-21,26H,1,6-7,12-15H2,(H2,23,24,27)/t20-,21-/m1/s1. The molecule has 2 atom stereocenters. The highest BCUT2D eigenvalue weighted by Gasteiger charge is 2.31. The lowest BCUT2D eigenvalue weighted by atomic mass is 10.1. The van der Waals surface area contributed by atoms with Gasteiger partial charge in [-0.1, -0.05) is 42.5 Å². The smallest absolute Gasteiger partial charge is 0.315 e. The van der Waals surface area contributed by atoms with Crippen LogP contribution in [0.5, 0.6) is 0 Å². The number of hydrogen-bond donors (Lipinski definition) is 3. The minimum absolute atomic E-state index is 0.246. The zero-order valence-electron chi connectivity index (χ0n) is 15.5. The maximum atomic E-state index is 12.5. The summed E-state index contributed by atoms with van der Waals surface area (Å²) >= 11 is 0. The molecule has 2 amide bonds. The molecule has 3 N–H and O–H groups in total. The molecule has 4 rings (SSSR count). The lowest BCUT2D eigenvalue weighted by molar-refractivity contribution is 0.142. The molecule has 1 heterocycles. The number of hydrogen-bond acceptors (Lipinski definition) is 3. The van der Waals surface area contributed by atoms with E-state index in [4.69, 9.17) is 0 Å². The number of urea groups is 1. The van der Waals surface area contributed by atoms with E-state index in [1.54, 1.807) is 0 Å². The van der Waals surface area contributed by atoms with Gasteiger partial charge in [-0.25, -0.2) is 4.79 Å². The van der Waals surface area contributed by atoms with Crippen molar-refractivity contribution in [1.29, 1.82) is 0 Å². The molecule has 1 aliphatic carbocycles. The summed E-state index contributed by atoms with van der Waals surface area (Å²) in [6, 6.07) is 15.6. The first-order valence-electron chi connectivity index (χ1n) is 9.85. The maximum absolute atomic E-state index is 12.5. The van der Waals surface area contributed by atoms with Crippen LogP contribution in [0.3, 0.4) is 0 Å². The Labute approximate surface area is 160 Å². The highest BCUT2D eigenvalue weighted by Crippen LogP contribution is 2.31. The van der Waals surface area contributed by atoms with E-state index in [-0.39, 0.29) is 12.1 Å². The molecule has 1 fully saturated rings. The van der Waals surface area contributed by atoms with Gasteiger partial charge in [-0.3, -0.25) is 0 Å². The number of benzene rings is 2. The van der Waals surface area contributed by atoms with Crippen molar-refractivity contribution < 1.29 is 9.90 Å². The van der Waals surface area contributed by atoms with Gasteiger partial charge in [-0.05, 0) is 42.0 Å². The summed E-state index contributed by atoms with van der Waals surface area (Å²) in [5.41, 5.74) is 4.45. The summed E-state index contributed by atoms with van der Waals surface area (Å²) in [7, 11) is 0. The van der Waals surface area contributed by atoms with Gasteiger partial charge in [0.1, 0.15) is 0 Å². The number of carbonyl (C=O) groups excluding carboxylic acids is 1. The predicted octanol–water partition coefficient (Wildman–Crippen LogP) is 3.13. The number of nitrogens with zero attached hydrogens (tertiary/aromatic N) is 1. The van der Waals surface area contributed by atoms with Crippen molar-refractivity contribution in [2.75, 3.05) is 18.0 Å². The Hall–Kier alpha value is -2.53. The molecule has 2 aromatic rings. The SMILES string of the molecule is O=C(NCc1ccccc1N1CCCCC1)N[C@@H]1c2ccccc2C[C@H]1O. The molecule has 27 heavy (non-hydrogen) atoms. The van der Waals surface area contributed by atoms with Crippen LogP contribution in [-0.2, 0) is 13.0 Å². The van der Waals surface area contributed by atoms with Gasteiger partial charge in [0.05, 0.1) is 12.1 Å². The Kier molecular flexibility index (Phi) is 5.30. The van der Waals surface area contributed by atoms with Crippen LogP contribution in [0.15, 0.2) is 48.5 Å². The highest BCUT2D eigenvalue weighted by atomic mass is 16.3. The number of aliphatic hydroxyl groups is 1. The van der Waals surface area contributed by atoms with E-state index in [9.17, 15) is 9.90 Å². The van der Waals surface area contributed by atoms with E-state index in [0.29, 0.717) is 13.0 Å². The lowest BCUT2D eigenvalue weighted by Gasteiger charge is -2.30. The Morgan fingerprint density at radius 1 is 1.04 bits per heavy atom. The van der Waals surface area contributed by atoms with Crippen LogP contribution >= 0.6 is 0 Å². The molecule has 0 saturated carbocycles. The summed E-state index contributed by atoms with van der Waals surface area (Å²) in [5.74, 6) is 0. The fourth-order valence-electron chi connectivity index (χ4n) is 4.22. The maximum Gasteiger partial charge on any atom is 0.315 e. The van der Waals surface area contributed by atoms with Crippen molar-refractivity contribution in [2.24, 2.45) is 0 Å². The number of rotatable bonds is 4. The van der Waals surface area contributed by atoms with Crippen molar-refractivity contribution in [3.8, 4) is 0 Å². The molecule has 0 spiro atoms. The number of amides is 2. The van der Waals surface area contributed by atoms with Crippen molar-refractivity contribution >= 4 is 11.7 Å². The van der Waals surface area contributed by atoms with Crippen molar-refractivity contribution in [3.63, 3.8) is 0 Å². The molecule has 2 aliphatic rings. The zero-order chi connectivity index (χ0) is 18.6. The van der Waals surface area contributed by atoms with Crippen LogP contribution in [0.1, 0.15) is 42.0 Å². The minimum atomic E-state index is -0.575. The number of para-hydroxylation sites is 1. The number of anilines is 1. The Balaban J connectivity index is 1.39. The minimum Gasteiger partial charge on any atom is -0.390 e. The van der Waals surface area contributed by atoms with E-state index >= 15 is 0 Å². The van der Waals surface area contributed by atoms with Crippen LogP contribution in [0, 0.1) is 0 Å². The molecule has 0 unspecified atom stereocenters. The van der Waals surface area contributed by atoms with Gasteiger partial charge >= 0.3 is 6.03 Å². The van der Waals surface area contributed by atoms with E-state index in [0.717, 1.165) is 29.8 Å². The number of aliphatic hydroxyl groups excluding tert-OH is 1. The normalized spacial score (nSPS) is 21.6. The fourth-order valence-corrected chi connectivity index (χ4v) is 4.22. The molecular formula is C22H27N3O2. The molecule has 0 bridgehead atoms. The first-order chi connectivity index (χ1) is 13.2. The zero-order valence-corrected chi connectivity index (χ0v) is 15.5. The van der Waals surface area contributed by atoms with Crippen LogP contribution in [0.2, 0.25) is 0 Å². The van der Waals surface area contributed by atoms with Crippen molar-refractivity contribution in [3.05, 3.63) is 65.2 Å². The predicted molar refractivity (Wildman–Crippen MR) is 107 cm³/mol. The monoisotopic (exact) mass is 365 g/mol. The molecule has 5 heteroatoms. The van der Waals surface area contributed by atoms with Crippen LogP contribution < -0.4 is 15.5 Å². The second-order valence-electron chi connectivity index (χ2n) is 7.45. The molecule has 5 nitrogen and oxygen atoms in total. The van der Waals surface area contributed by atoms with E-state index in [1.165, 1.54) is 24.9 Å². The number of nitrogens with one attached hydrogen (secondary N) is 2. The number of fused-ring (bicyclic) bond motifs is 1. The first-order valence-corrected chi connectivity index (χ1v) is 9.85. The quantitative estimate of drug-likeness (QED) is 0.780. The Morgan fingerprint density at radius 3 is 2.63 bits per heavy atom. The fraction of sp³-hybridized carbons (Fsp3) is 0.409. The topological polar surface area (TPSA) is 64.6 Å². The average Bonchev–Trinajstić information content (AvgIpc) is 3.02. The van der Waals surface area contributed by atoms with Gasteiger partial charge in [-0.15, -0.1) is 0 Å². The molecule has 142 valence electrons. The van der Waals surface area contributed by atoms with Gasteiger partial charge in [0, 0.05) is 31.7 Å². The summed E-state index contributed by atoms with van der Waals surface area (Å²) in [4.78, 5) is 14.9. The van der Waals surface area contributed by atoms with Gasteiger partial charge in [0.15, 0.2) is 0 Å². The molecule has 0 radical (unpaired) electrons. The van der Waals surface area contributed by atoms with E-state index in [1.807, 2.05) is 30.3 Å². The molecule has 0 aromatic heterocycles. The third-order valence-corrected chi connectivity index (χ3v) is 5.62. The molecular weight excluding hydrogens is 338 g/mol. The Bertz CT molecular complexity index is 802. The van der Waals surface area contributed by atoms with Gasteiger partial charge in [-0.2, -0.15) is 0 Å².